The van der Waals surface area contributed by atoms with E-state index in [9.17, 15) is 0 Å². The van der Waals surface area contributed by atoms with E-state index in [0.717, 1.165) is 25.0 Å². The zero-order valence-corrected chi connectivity index (χ0v) is 16.3. The Morgan fingerprint density at radius 3 is 2.68 bits per heavy atom. The molecular weight excluding hydrogens is 342 g/mol. The minimum Gasteiger partial charge on any atom is -0.324 e. The molecule has 0 amide bonds. The highest BCUT2D eigenvalue weighted by atomic mass is 15.2. The highest BCUT2D eigenvalue weighted by Gasteiger charge is 2.17. The van der Waals surface area contributed by atoms with E-state index < -0.39 is 0 Å². The van der Waals surface area contributed by atoms with Gasteiger partial charge in [-0.15, -0.1) is 0 Å². The van der Waals surface area contributed by atoms with Gasteiger partial charge in [-0.3, -0.25) is 5.84 Å². The van der Waals surface area contributed by atoms with E-state index in [1.807, 2.05) is 12.2 Å². The number of nitrogens with two attached hydrogens (primary N) is 2. The molecule has 3 aliphatic carbocycles. The predicted octanol–water partition coefficient (Wildman–Crippen LogP) is 4.48. The van der Waals surface area contributed by atoms with Gasteiger partial charge >= 0.3 is 0 Å². The molecule has 3 nitrogen and oxygen atoms in total. The Morgan fingerprint density at radius 1 is 1.07 bits per heavy atom. The molecule has 1 atom stereocenters. The smallest absolute Gasteiger partial charge is 0.0552 e. The third kappa shape index (κ3) is 3.59. The van der Waals surface area contributed by atoms with E-state index in [2.05, 4.69) is 73.1 Å². The molecule has 1 unspecified atom stereocenters. The van der Waals surface area contributed by atoms with E-state index in [-0.39, 0.29) is 6.04 Å². The highest BCUT2D eigenvalue weighted by molar-refractivity contribution is 5.74. The van der Waals surface area contributed by atoms with E-state index in [1.165, 1.54) is 39.0 Å². The van der Waals surface area contributed by atoms with Crippen LogP contribution in [0.25, 0.3) is 11.6 Å². The van der Waals surface area contributed by atoms with Crippen LogP contribution in [-0.2, 0) is 6.42 Å². The van der Waals surface area contributed by atoms with Gasteiger partial charge in [0.1, 0.15) is 0 Å². The van der Waals surface area contributed by atoms with Gasteiger partial charge in [0.25, 0.3) is 0 Å². The topological polar surface area (TPSA) is 64.1 Å². The molecular formula is C25H27N3. The number of hydrogen-bond donors (Lipinski definition) is 3. The number of rotatable bonds is 3. The molecule has 142 valence electrons. The van der Waals surface area contributed by atoms with Gasteiger partial charge in [0, 0.05) is 6.04 Å². The van der Waals surface area contributed by atoms with Crippen molar-refractivity contribution in [3.05, 3.63) is 106 Å². The summed E-state index contributed by atoms with van der Waals surface area (Å²) in [6, 6.07) is 6.70. The first-order chi connectivity index (χ1) is 13.7. The summed E-state index contributed by atoms with van der Waals surface area (Å²) in [5.41, 5.74) is 19.1. The van der Waals surface area contributed by atoms with Crippen molar-refractivity contribution in [1.29, 1.82) is 0 Å². The van der Waals surface area contributed by atoms with Gasteiger partial charge in [-0.05, 0) is 71.2 Å². The standard InChI is InChI=1S/C25H27N3/c1-17(23-9-5-6-10-24(23)26)19-11-12-21-16-22(14-13-20(21)15-19)25(28-27)18-7-3-2-4-8-18/h2-7,9-12,15-16,24,28H,8,13-14,26-27H2,1H3/b23-17+,25-18-. The number of hydrazine groups is 1. The summed E-state index contributed by atoms with van der Waals surface area (Å²) in [7, 11) is 0. The monoisotopic (exact) mass is 369 g/mol. The molecule has 1 aromatic carbocycles. The van der Waals surface area contributed by atoms with Crippen molar-refractivity contribution in [2.45, 2.75) is 32.2 Å². The summed E-state index contributed by atoms with van der Waals surface area (Å²) in [6.07, 6.45) is 21.8. The molecule has 4 rings (SSSR count). The number of fused-ring (bicyclic) bond motifs is 1. The Hall–Kier alpha value is -2.88. The van der Waals surface area contributed by atoms with Crippen molar-refractivity contribution in [2.75, 3.05) is 0 Å². The molecule has 0 fully saturated rings. The Balaban J connectivity index is 1.67. The van der Waals surface area contributed by atoms with Crippen molar-refractivity contribution in [3.8, 4) is 0 Å². The molecule has 1 aromatic rings. The minimum absolute atomic E-state index is 0.0325. The number of hydrogen-bond acceptors (Lipinski definition) is 3. The fraction of sp³-hybridized carbons (Fsp3) is 0.200. The van der Waals surface area contributed by atoms with Gasteiger partial charge in [0.15, 0.2) is 0 Å². The van der Waals surface area contributed by atoms with Gasteiger partial charge in [-0.25, -0.2) is 0 Å². The van der Waals surface area contributed by atoms with Crippen molar-refractivity contribution in [3.63, 3.8) is 0 Å². The molecule has 5 N–H and O–H groups in total. The SMILES string of the molecule is C/C(=C1/C=CC=CC1N)c1ccc2c(c1)CCC(/C(NN)=C1\C=CC=CC1)=C2. The van der Waals surface area contributed by atoms with Crippen LogP contribution in [0.2, 0.25) is 0 Å². The number of aryl methyl sites for hydroxylation is 1. The first-order valence-corrected chi connectivity index (χ1v) is 9.86. The fourth-order valence-corrected chi connectivity index (χ4v) is 4.11. The average molecular weight is 370 g/mol. The van der Waals surface area contributed by atoms with Crippen LogP contribution in [0, 0.1) is 0 Å². The Kier molecular flexibility index (Phi) is 5.29. The van der Waals surface area contributed by atoms with E-state index in [0.29, 0.717) is 0 Å². The second kappa shape index (κ2) is 8.01. The molecule has 0 radical (unpaired) electrons. The molecule has 0 heterocycles. The average Bonchev–Trinajstić information content (AvgIpc) is 2.74. The number of benzene rings is 1. The summed E-state index contributed by atoms with van der Waals surface area (Å²) in [5, 5.41) is 0. The predicted molar refractivity (Wildman–Crippen MR) is 119 cm³/mol. The Morgan fingerprint density at radius 2 is 1.93 bits per heavy atom. The van der Waals surface area contributed by atoms with Crippen LogP contribution in [0.1, 0.15) is 36.5 Å². The van der Waals surface area contributed by atoms with E-state index in [1.54, 1.807) is 0 Å². The highest BCUT2D eigenvalue weighted by Crippen LogP contribution is 2.32. The lowest BCUT2D eigenvalue weighted by molar-refractivity contribution is 0.826. The number of allylic oxidation sites excluding steroid dienone is 9. The van der Waals surface area contributed by atoms with Crippen LogP contribution in [-0.4, -0.2) is 6.04 Å². The summed E-state index contributed by atoms with van der Waals surface area (Å²) in [4.78, 5) is 0. The maximum atomic E-state index is 6.25. The van der Waals surface area contributed by atoms with Crippen LogP contribution >= 0.6 is 0 Å². The van der Waals surface area contributed by atoms with E-state index >= 15 is 0 Å². The summed E-state index contributed by atoms with van der Waals surface area (Å²) >= 11 is 0. The van der Waals surface area contributed by atoms with Crippen LogP contribution < -0.4 is 17.0 Å². The Labute approximate surface area is 167 Å². The summed E-state index contributed by atoms with van der Waals surface area (Å²) in [5.74, 6) is 5.88. The second-order valence-corrected chi connectivity index (χ2v) is 7.47. The fourth-order valence-electron chi connectivity index (χ4n) is 4.11. The van der Waals surface area contributed by atoms with Crippen LogP contribution in [0.4, 0.5) is 0 Å². The van der Waals surface area contributed by atoms with E-state index in [4.69, 9.17) is 11.6 Å². The van der Waals surface area contributed by atoms with Gasteiger partial charge in [0.2, 0.25) is 0 Å². The molecule has 0 aliphatic heterocycles. The normalized spacial score (nSPS) is 24.0. The largest absolute Gasteiger partial charge is 0.324 e. The first kappa shape index (κ1) is 18.5. The lowest BCUT2D eigenvalue weighted by Crippen LogP contribution is -2.25. The molecule has 0 spiro atoms. The molecule has 28 heavy (non-hydrogen) atoms. The zero-order valence-electron chi connectivity index (χ0n) is 16.3. The lowest BCUT2D eigenvalue weighted by atomic mass is 9.86. The van der Waals surface area contributed by atoms with Gasteiger partial charge in [0.05, 0.1) is 5.70 Å². The van der Waals surface area contributed by atoms with Gasteiger partial charge in [-0.2, -0.15) is 0 Å². The van der Waals surface area contributed by atoms with Gasteiger partial charge < -0.3 is 11.2 Å². The first-order valence-electron chi connectivity index (χ1n) is 9.86. The third-order valence-electron chi connectivity index (χ3n) is 5.74. The van der Waals surface area contributed by atoms with Crippen LogP contribution in [0.15, 0.2) is 89.2 Å². The van der Waals surface area contributed by atoms with Crippen molar-refractivity contribution >= 4 is 11.6 Å². The maximum Gasteiger partial charge on any atom is 0.0552 e. The molecule has 3 aliphatic rings. The van der Waals surface area contributed by atoms with Crippen LogP contribution in [0.3, 0.4) is 0 Å². The molecule has 0 bridgehead atoms. The zero-order chi connectivity index (χ0) is 19.5. The number of nitrogens with one attached hydrogen (secondary N) is 1. The van der Waals surface area contributed by atoms with Gasteiger partial charge in [-0.1, -0.05) is 66.8 Å². The molecule has 0 saturated carbocycles. The summed E-state index contributed by atoms with van der Waals surface area (Å²) < 4.78 is 0. The van der Waals surface area contributed by atoms with Crippen LogP contribution in [0.5, 0.6) is 0 Å². The Bertz CT molecular complexity index is 997. The van der Waals surface area contributed by atoms with Crippen molar-refractivity contribution < 1.29 is 0 Å². The quantitative estimate of drug-likeness (QED) is 0.544. The second-order valence-electron chi connectivity index (χ2n) is 7.47. The third-order valence-corrected chi connectivity index (χ3v) is 5.74. The maximum absolute atomic E-state index is 6.25. The minimum atomic E-state index is -0.0325. The lowest BCUT2D eigenvalue weighted by Gasteiger charge is -2.22. The van der Waals surface area contributed by atoms with Crippen molar-refractivity contribution in [1.82, 2.24) is 5.43 Å². The molecule has 0 saturated heterocycles. The molecule has 3 heteroatoms. The van der Waals surface area contributed by atoms with Crippen molar-refractivity contribution in [2.24, 2.45) is 11.6 Å². The summed E-state index contributed by atoms with van der Waals surface area (Å²) in [6.45, 7) is 2.16. The molecule has 0 aromatic heterocycles.